The Morgan fingerprint density at radius 3 is 1.57 bits per heavy atom. The summed E-state index contributed by atoms with van der Waals surface area (Å²) in [4.78, 5) is 33.1. The number of carbonyl (C=O) groups excluding carboxylic acids is 2. The van der Waals surface area contributed by atoms with E-state index >= 15 is 0 Å². The minimum absolute atomic E-state index is 0.297. The number of carbonyl (C=O) groups is 2. The highest BCUT2D eigenvalue weighted by atomic mass is 16.2. The molecule has 150 valence electrons. The largest absolute Gasteiger partial charge is 0.271 e. The van der Waals surface area contributed by atoms with Crippen LogP contribution in [0.3, 0.4) is 0 Å². The van der Waals surface area contributed by atoms with Crippen molar-refractivity contribution in [3.63, 3.8) is 0 Å². The lowest BCUT2D eigenvalue weighted by Gasteiger charge is -2.05. The van der Waals surface area contributed by atoms with Gasteiger partial charge in [-0.3, -0.25) is 19.6 Å². The molecule has 3 aromatic rings. The lowest BCUT2D eigenvalue weighted by atomic mass is 10.1. The zero-order valence-electron chi connectivity index (χ0n) is 16.5. The SMILES string of the molecule is C/C(=N/NC(=O)c1cccc(C(=O)N/N=C(/C)c2ccccn2)c1)c1ccccn1. The number of nitrogens with zero attached hydrogens (tertiary/aromatic N) is 4. The second kappa shape index (κ2) is 9.83. The van der Waals surface area contributed by atoms with E-state index in [2.05, 4.69) is 31.0 Å². The Balaban J connectivity index is 1.66. The topological polar surface area (TPSA) is 109 Å². The van der Waals surface area contributed by atoms with Crippen molar-refractivity contribution in [2.75, 3.05) is 0 Å². The number of hydrogen-bond acceptors (Lipinski definition) is 6. The second-order valence-electron chi connectivity index (χ2n) is 6.29. The van der Waals surface area contributed by atoms with Gasteiger partial charge >= 0.3 is 0 Å². The monoisotopic (exact) mass is 400 g/mol. The predicted molar refractivity (Wildman–Crippen MR) is 114 cm³/mol. The molecule has 8 heteroatoms. The van der Waals surface area contributed by atoms with Crippen molar-refractivity contribution in [2.24, 2.45) is 10.2 Å². The van der Waals surface area contributed by atoms with E-state index in [9.17, 15) is 9.59 Å². The molecule has 0 bridgehead atoms. The van der Waals surface area contributed by atoms with Gasteiger partial charge in [0.25, 0.3) is 11.8 Å². The van der Waals surface area contributed by atoms with Crippen LogP contribution in [0.25, 0.3) is 0 Å². The Labute approximate surface area is 173 Å². The van der Waals surface area contributed by atoms with Crippen LogP contribution < -0.4 is 10.9 Å². The van der Waals surface area contributed by atoms with E-state index in [1.807, 2.05) is 12.1 Å². The Morgan fingerprint density at radius 1 is 0.700 bits per heavy atom. The Kier molecular flexibility index (Phi) is 6.73. The molecule has 8 nitrogen and oxygen atoms in total. The Bertz CT molecular complexity index is 1010. The van der Waals surface area contributed by atoms with Gasteiger partial charge in [-0.25, -0.2) is 10.9 Å². The maximum Gasteiger partial charge on any atom is 0.271 e. The average molecular weight is 400 g/mol. The quantitative estimate of drug-likeness (QED) is 0.490. The van der Waals surface area contributed by atoms with Gasteiger partial charge in [0.1, 0.15) is 0 Å². The van der Waals surface area contributed by atoms with Crippen LogP contribution >= 0.6 is 0 Å². The summed E-state index contributed by atoms with van der Waals surface area (Å²) in [6, 6.07) is 17.2. The lowest BCUT2D eigenvalue weighted by molar-refractivity contribution is 0.0954. The lowest BCUT2D eigenvalue weighted by Crippen LogP contribution is -2.22. The van der Waals surface area contributed by atoms with Gasteiger partial charge in [0.15, 0.2) is 0 Å². The summed E-state index contributed by atoms with van der Waals surface area (Å²) in [6.07, 6.45) is 3.30. The minimum Gasteiger partial charge on any atom is -0.267 e. The molecule has 0 aliphatic carbocycles. The van der Waals surface area contributed by atoms with Crippen molar-refractivity contribution in [3.05, 3.63) is 95.6 Å². The number of pyridine rings is 2. The number of hydrogen-bond donors (Lipinski definition) is 2. The fourth-order valence-electron chi connectivity index (χ4n) is 2.47. The third-order valence-corrected chi connectivity index (χ3v) is 4.11. The third-order valence-electron chi connectivity index (χ3n) is 4.11. The van der Waals surface area contributed by atoms with E-state index in [4.69, 9.17) is 0 Å². The first-order valence-electron chi connectivity index (χ1n) is 9.17. The molecule has 0 saturated carbocycles. The number of rotatable bonds is 6. The second-order valence-corrected chi connectivity index (χ2v) is 6.29. The molecule has 0 saturated heterocycles. The van der Waals surface area contributed by atoms with Crippen LogP contribution in [0.5, 0.6) is 0 Å². The molecule has 30 heavy (non-hydrogen) atoms. The highest BCUT2D eigenvalue weighted by molar-refractivity contribution is 6.02. The summed E-state index contributed by atoms with van der Waals surface area (Å²) in [5.74, 6) is -0.874. The third kappa shape index (κ3) is 5.41. The van der Waals surface area contributed by atoms with Gasteiger partial charge in [-0.15, -0.1) is 0 Å². The van der Waals surface area contributed by atoms with E-state index in [0.717, 1.165) is 0 Å². The summed E-state index contributed by atoms with van der Waals surface area (Å²) in [7, 11) is 0. The minimum atomic E-state index is -0.437. The van der Waals surface area contributed by atoms with Crippen LogP contribution in [-0.2, 0) is 0 Å². The maximum atomic E-state index is 12.4. The number of hydrazone groups is 2. The zero-order valence-corrected chi connectivity index (χ0v) is 16.5. The molecule has 2 aromatic heterocycles. The number of benzene rings is 1. The molecule has 0 fully saturated rings. The van der Waals surface area contributed by atoms with Crippen LogP contribution in [0.15, 0.2) is 83.3 Å². The van der Waals surface area contributed by atoms with Gasteiger partial charge in [0.05, 0.1) is 22.8 Å². The first-order chi connectivity index (χ1) is 14.5. The molecule has 0 radical (unpaired) electrons. The maximum absolute atomic E-state index is 12.4. The molecule has 0 aliphatic heterocycles. The van der Waals surface area contributed by atoms with Crippen molar-refractivity contribution in [2.45, 2.75) is 13.8 Å². The molecule has 0 aliphatic rings. The normalized spacial score (nSPS) is 11.7. The number of amides is 2. The van der Waals surface area contributed by atoms with E-state index in [1.54, 1.807) is 68.7 Å². The van der Waals surface area contributed by atoms with E-state index < -0.39 is 11.8 Å². The van der Waals surface area contributed by atoms with Crippen molar-refractivity contribution in [1.29, 1.82) is 0 Å². The van der Waals surface area contributed by atoms with E-state index in [0.29, 0.717) is 33.9 Å². The molecule has 0 atom stereocenters. The Hall–Kier alpha value is -4.20. The summed E-state index contributed by atoms with van der Waals surface area (Å²) in [5, 5.41) is 8.13. The van der Waals surface area contributed by atoms with Crippen LogP contribution in [0.1, 0.15) is 46.0 Å². The van der Waals surface area contributed by atoms with Gasteiger partial charge in [-0.2, -0.15) is 10.2 Å². The first-order valence-corrected chi connectivity index (χ1v) is 9.17. The van der Waals surface area contributed by atoms with Crippen molar-refractivity contribution in [3.8, 4) is 0 Å². The molecule has 1 aromatic carbocycles. The van der Waals surface area contributed by atoms with Gasteiger partial charge in [-0.05, 0) is 56.3 Å². The van der Waals surface area contributed by atoms with Crippen LogP contribution in [0, 0.1) is 0 Å². The fourth-order valence-corrected chi connectivity index (χ4v) is 2.47. The van der Waals surface area contributed by atoms with Gasteiger partial charge < -0.3 is 0 Å². The summed E-state index contributed by atoms with van der Waals surface area (Å²) in [6.45, 7) is 3.49. The smallest absolute Gasteiger partial charge is 0.267 e. The average Bonchev–Trinajstić information content (AvgIpc) is 2.81. The summed E-state index contributed by atoms with van der Waals surface area (Å²) in [5.41, 5.74) is 8.00. The van der Waals surface area contributed by atoms with Gasteiger partial charge in [0, 0.05) is 23.5 Å². The highest BCUT2D eigenvalue weighted by Crippen LogP contribution is 2.06. The highest BCUT2D eigenvalue weighted by Gasteiger charge is 2.11. The van der Waals surface area contributed by atoms with Crippen molar-refractivity contribution < 1.29 is 9.59 Å². The van der Waals surface area contributed by atoms with Crippen molar-refractivity contribution >= 4 is 23.2 Å². The molecular formula is C22H20N6O2. The van der Waals surface area contributed by atoms with Crippen LogP contribution in [0.2, 0.25) is 0 Å². The molecule has 2 heterocycles. The molecule has 3 rings (SSSR count). The molecular weight excluding hydrogens is 380 g/mol. The van der Waals surface area contributed by atoms with Gasteiger partial charge in [-0.1, -0.05) is 18.2 Å². The predicted octanol–water partition coefficient (Wildman–Crippen LogP) is 2.78. The summed E-state index contributed by atoms with van der Waals surface area (Å²) < 4.78 is 0. The Morgan fingerprint density at radius 2 is 1.17 bits per heavy atom. The molecule has 2 amide bonds. The molecule has 0 unspecified atom stereocenters. The molecule has 2 N–H and O–H groups in total. The van der Waals surface area contributed by atoms with Crippen LogP contribution in [0.4, 0.5) is 0 Å². The molecule has 0 spiro atoms. The van der Waals surface area contributed by atoms with E-state index in [1.165, 1.54) is 6.07 Å². The zero-order chi connectivity index (χ0) is 21.3. The van der Waals surface area contributed by atoms with E-state index in [-0.39, 0.29) is 0 Å². The number of nitrogens with one attached hydrogen (secondary N) is 2. The van der Waals surface area contributed by atoms with Crippen molar-refractivity contribution in [1.82, 2.24) is 20.8 Å². The number of aromatic nitrogens is 2. The summed E-state index contributed by atoms with van der Waals surface area (Å²) >= 11 is 0. The fraction of sp³-hybridized carbons (Fsp3) is 0.0909. The standard InChI is InChI=1S/C22H20N6O2/c1-15(19-10-3-5-12-23-19)25-27-21(29)17-8-7-9-18(14-17)22(30)28-26-16(2)20-11-4-6-13-24-20/h3-14H,1-2H3,(H,27,29)(H,28,30)/b25-15-,26-16-. The van der Waals surface area contributed by atoms with Crippen LogP contribution in [-0.4, -0.2) is 33.2 Å². The van der Waals surface area contributed by atoms with Gasteiger partial charge in [0.2, 0.25) is 0 Å². The first kappa shape index (κ1) is 20.5.